The van der Waals surface area contributed by atoms with E-state index in [0.717, 1.165) is 45.4 Å². The highest BCUT2D eigenvalue weighted by atomic mass is 31.2. The van der Waals surface area contributed by atoms with E-state index in [1.807, 2.05) is 24.3 Å². The molecule has 0 aromatic rings. The second-order valence-electron chi connectivity index (χ2n) is 7.85. The number of aliphatic hydroxyl groups excluding tert-OH is 1. The molecule has 3 N–H and O–H groups in total. The van der Waals surface area contributed by atoms with Gasteiger partial charge in [-0.3, -0.25) is 14.1 Å². The number of unbranched alkanes of at least 4 members (excludes halogenated alkanes) is 2. The van der Waals surface area contributed by atoms with Gasteiger partial charge < -0.3 is 24.4 Å². The number of hydrogen-bond donors (Lipinski definition) is 3. The van der Waals surface area contributed by atoms with Crippen molar-refractivity contribution in [1.82, 2.24) is 0 Å². The van der Waals surface area contributed by atoms with Gasteiger partial charge in [-0.25, -0.2) is 4.57 Å². The highest BCUT2D eigenvalue weighted by Gasteiger charge is 2.21. The van der Waals surface area contributed by atoms with Gasteiger partial charge >= 0.3 is 19.8 Å². The molecule has 0 amide bonds. The van der Waals surface area contributed by atoms with Crippen LogP contribution in [0.15, 0.2) is 48.6 Å². The molecule has 0 fully saturated rings. The van der Waals surface area contributed by atoms with Crippen LogP contribution >= 0.6 is 7.82 Å². The third-order valence-corrected chi connectivity index (χ3v) is 4.96. The third-order valence-electron chi connectivity index (χ3n) is 4.47. The lowest BCUT2D eigenvalue weighted by Gasteiger charge is -2.17. The Morgan fingerprint density at radius 2 is 1.51 bits per heavy atom. The fourth-order valence-electron chi connectivity index (χ4n) is 2.73. The van der Waals surface area contributed by atoms with Gasteiger partial charge in [-0.15, -0.1) is 0 Å². The maximum absolute atomic E-state index is 11.8. The summed E-state index contributed by atoms with van der Waals surface area (Å²) in [6, 6.07) is 0. The monoisotopic (exact) mass is 516 g/mol. The first kappa shape index (κ1) is 33.0. The Labute approximate surface area is 208 Å². The van der Waals surface area contributed by atoms with Gasteiger partial charge in [0.1, 0.15) is 6.61 Å². The van der Waals surface area contributed by atoms with Gasteiger partial charge in [-0.2, -0.15) is 0 Å². The molecule has 0 aliphatic heterocycles. The minimum Gasteiger partial charge on any atom is -0.462 e. The molecular weight excluding hydrogens is 475 g/mol. The highest BCUT2D eigenvalue weighted by Crippen LogP contribution is 2.35. The van der Waals surface area contributed by atoms with E-state index < -0.39 is 32.5 Å². The van der Waals surface area contributed by atoms with Crippen LogP contribution in [0.25, 0.3) is 0 Å². The van der Waals surface area contributed by atoms with Crippen LogP contribution in [0.3, 0.4) is 0 Å². The molecule has 0 bridgehead atoms. The molecule has 2 atom stereocenters. The second-order valence-corrected chi connectivity index (χ2v) is 9.09. The highest BCUT2D eigenvalue weighted by molar-refractivity contribution is 7.46. The van der Waals surface area contributed by atoms with Crippen molar-refractivity contribution in [2.75, 3.05) is 13.2 Å². The Bertz CT molecular complexity index is 737. The molecule has 0 aromatic carbocycles. The van der Waals surface area contributed by atoms with E-state index in [9.17, 15) is 19.3 Å². The maximum atomic E-state index is 11.8. The SMILES string of the molecule is CCCC[C@H](O)/C=C\C/C=C\C/C=C\C/C=C\CCCC(=O)OC[C@H](COP(=O)(O)O)OC(C)=O. The Morgan fingerprint density at radius 1 is 0.914 bits per heavy atom. The van der Waals surface area contributed by atoms with Crippen molar-refractivity contribution in [3.8, 4) is 0 Å². The predicted molar refractivity (Wildman–Crippen MR) is 134 cm³/mol. The van der Waals surface area contributed by atoms with Gasteiger partial charge in [0.05, 0.1) is 12.7 Å². The number of carbonyl (C=O) groups is 2. The first-order valence-electron chi connectivity index (χ1n) is 12.0. The average Bonchev–Trinajstić information content (AvgIpc) is 2.78. The summed E-state index contributed by atoms with van der Waals surface area (Å²) in [5.41, 5.74) is 0. The standard InChI is InChI=1S/C25H41O9P/c1-3-4-17-23(27)18-15-13-11-9-7-5-6-8-10-12-14-16-19-25(28)32-20-24(34-22(2)26)21-33-35(29,30)31/h5-6,9-12,15,18,23-24,27H,3-4,7-8,13-14,16-17,19-21H2,1-2H3,(H2,29,30,31)/b6-5-,11-9-,12-10-,18-15-/t23-,24+/m0/s1. The Hall–Kier alpha value is -2.03. The molecule has 10 heteroatoms. The number of phosphoric acid groups is 1. The molecule has 0 rings (SSSR count). The number of esters is 2. The summed E-state index contributed by atoms with van der Waals surface area (Å²) in [5, 5.41) is 9.70. The van der Waals surface area contributed by atoms with Crippen LogP contribution in [0.4, 0.5) is 0 Å². The Balaban J connectivity index is 3.90. The van der Waals surface area contributed by atoms with Crippen molar-refractivity contribution in [2.45, 2.75) is 83.8 Å². The van der Waals surface area contributed by atoms with Crippen LogP contribution in [-0.4, -0.2) is 52.3 Å². The summed E-state index contributed by atoms with van der Waals surface area (Å²) >= 11 is 0. The van der Waals surface area contributed by atoms with Crippen LogP contribution in [0.2, 0.25) is 0 Å². The normalized spacial score (nSPS) is 14.3. The number of allylic oxidation sites excluding steroid dienone is 7. The number of rotatable bonds is 20. The largest absolute Gasteiger partial charge is 0.469 e. The van der Waals surface area contributed by atoms with Crippen molar-refractivity contribution >= 4 is 19.8 Å². The molecule has 0 heterocycles. The number of ether oxygens (including phenoxy) is 2. The lowest BCUT2D eigenvalue weighted by molar-refractivity contribution is -0.159. The molecule has 9 nitrogen and oxygen atoms in total. The molecule has 200 valence electrons. The van der Waals surface area contributed by atoms with Crippen LogP contribution in [0, 0.1) is 0 Å². The lowest BCUT2D eigenvalue weighted by Crippen LogP contribution is -2.28. The van der Waals surface area contributed by atoms with Crippen molar-refractivity contribution in [2.24, 2.45) is 0 Å². The second kappa shape index (κ2) is 21.3. The molecule has 0 aliphatic carbocycles. The third kappa shape index (κ3) is 24.9. The first-order valence-corrected chi connectivity index (χ1v) is 13.5. The zero-order valence-electron chi connectivity index (χ0n) is 20.8. The number of aliphatic hydroxyl groups is 1. The minimum atomic E-state index is -4.72. The van der Waals surface area contributed by atoms with Crippen molar-refractivity contribution in [3.05, 3.63) is 48.6 Å². The summed E-state index contributed by atoms with van der Waals surface area (Å²) < 4.78 is 24.9. The van der Waals surface area contributed by atoms with Gasteiger partial charge in [0.25, 0.3) is 0 Å². The topological polar surface area (TPSA) is 140 Å². The van der Waals surface area contributed by atoms with Gasteiger partial charge in [-0.05, 0) is 38.5 Å². The molecule has 0 saturated heterocycles. The van der Waals surface area contributed by atoms with Crippen molar-refractivity contribution in [3.63, 3.8) is 0 Å². The van der Waals surface area contributed by atoms with Gasteiger partial charge in [0, 0.05) is 13.3 Å². The maximum Gasteiger partial charge on any atom is 0.469 e. The van der Waals surface area contributed by atoms with E-state index in [1.165, 1.54) is 0 Å². The Morgan fingerprint density at radius 3 is 2.09 bits per heavy atom. The van der Waals surface area contributed by atoms with E-state index in [1.54, 1.807) is 0 Å². The fraction of sp³-hybridized carbons (Fsp3) is 0.600. The summed E-state index contributed by atoms with van der Waals surface area (Å²) in [6.45, 7) is 2.32. The minimum absolute atomic E-state index is 0.168. The summed E-state index contributed by atoms with van der Waals surface area (Å²) in [5.74, 6) is -1.18. The van der Waals surface area contributed by atoms with E-state index in [0.29, 0.717) is 12.8 Å². The van der Waals surface area contributed by atoms with Gasteiger partial charge in [-0.1, -0.05) is 68.4 Å². The summed E-state index contributed by atoms with van der Waals surface area (Å²) in [7, 11) is -4.72. The average molecular weight is 517 g/mol. The molecule has 0 unspecified atom stereocenters. The molecule has 0 aliphatic rings. The molecule has 35 heavy (non-hydrogen) atoms. The lowest BCUT2D eigenvalue weighted by atomic mass is 10.1. The fourth-order valence-corrected chi connectivity index (χ4v) is 3.09. The molecule has 0 spiro atoms. The quantitative estimate of drug-likeness (QED) is 0.0910. The van der Waals surface area contributed by atoms with E-state index >= 15 is 0 Å². The number of hydrogen-bond acceptors (Lipinski definition) is 7. The zero-order valence-corrected chi connectivity index (χ0v) is 21.7. The summed E-state index contributed by atoms with van der Waals surface area (Å²) in [4.78, 5) is 40.3. The zero-order chi connectivity index (χ0) is 26.4. The van der Waals surface area contributed by atoms with Crippen LogP contribution in [-0.2, 0) is 28.2 Å². The van der Waals surface area contributed by atoms with Crippen LogP contribution in [0.1, 0.15) is 71.6 Å². The van der Waals surface area contributed by atoms with Crippen LogP contribution in [0.5, 0.6) is 0 Å². The van der Waals surface area contributed by atoms with Gasteiger partial charge in [0.2, 0.25) is 0 Å². The smallest absolute Gasteiger partial charge is 0.462 e. The molecular formula is C25H41O9P. The summed E-state index contributed by atoms with van der Waals surface area (Å²) in [6.07, 6.45) is 21.5. The van der Waals surface area contributed by atoms with Crippen LogP contribution < -0.4 is 0 Å². The van der Waals surface area contributed by atoms with E-state index in [2.05, 4.69) is 35.8 Å². The molecule has 0 radical (unpaired) electrons. The van der Waals surface area contributed by atoms with E-state index in [4.69, 9.17) is 19.3 Å². The molecule has 0 saturated carbocycles. The van der Waals surface area contributed by atoms with E-state index in [-0.39, 0.29) is 19.1 Å². The van der Waals surface area contributed by atoms with Crippen molar-refractivity contribution in [1.29, 1.82) is 0 Å². The molecule has 0 aromatic heterocycles. The van der Waals surface area contributed by atoms with Crippen molar-refractivity contribution < 1.29 is 43.0 Å². The first-order chi connectivity index (χ1) is 16.6. The number of carbonyl (C=O) groups excluding carboxylic acids is 2. The number of phosphoric ester groups is 1. The van der Waals surface area contributed by atoms with Gasteiger partial charge in [0.15, 0.2) is 6.10 Å². The predicted octanol–water partition coefficient (Wildman–Crippen LogP) is 4.69. The Kier molecular flexibility index (Phi) is 20.0.